The number of nitrogens with zero attached hydrogens (tertiary/aromatic N) is 1. The van der Waals surface area contributed by atoms with E-state index in [1.165, 1.54) is 34.4 Å². The first-order chi connectivity index (χ1) is 17.0. The van der Waals surface area contributed by atoms with Crippen LogP contribution >= 0.6 is 0 Å². The Morgan fingerprint density at radius 3 is 2.34 bits per heavy atom. The number of nitrogens with one attached hydrogen (secondary N) is 1. The zero-order valence-corrected chi connectivity index (χ0v) is 19.8. The lowest BCUT2D eigenvalue weighted by Crippen LogP contribution is -2.26. The van der Waals surface area contributed by atoms with Crippen molar-refractivity contribution in [3.8, 4) is 16.8 Å². The van der Waals surface area contributed by atoms with Gasteiger partial charge < -0.3 is 14.6 Å². The molecule has 4 nitrogen and oxygen atoms in total. The molecule has 5 heteroatoms. The number of aryl methyl sites for hydroxylation is 1. The van der Waals surface area contributed by atoms with Crippen LogP contribution in [0.25, 0.3) is 22.9 Å². The van der Waals surface area contributed by atoms with Crippen LogP contribution in [0.2, 0.25) is 0 Å². The molecule has 0 spiro atoms. The highest BCUT2D eigenvalue weighted by Crippen LogP contribution is 2.44. The summed E-state index contributed by atoms with van der Waals surface area (Å²) in [4.78, 5) is 12.4. The van der Waals surface area contributed by atoms with Crippen molar-refractivity contribution < 1.29 is 13.9 Å². The number of carbonyl (C=O) groups is 1. The molecule has 0 saturated heterocycles. The van der Waals surface area contributed by atoms with Crippen molar-refractivity contribution in [2.45, 2.75) is 19.8 Å². The molecule has 1 aliphatic carbocycles. The van der Waals surface area contributed by atoms with E-state index in [1.54, 1.807) is 6.07 Å². The minimum absolute atomic E-state index is 0.0388. The van der Waals surface area contributed by atoms with Crippen molar-refractivity contribution in [3.63, 3.8) is 0 Å². The number of halogens is 1. The van der Waals surface area contributed by atoms with Gasteiger partial charge in [-0.2, -0.15) is 0 Å². The van der Waals surface area contributed by atoms with E-state index < -0.39 is 6.09 Å². The molecule has 0 radical (unpaired) electrons. The Labute approximate surface area is 204 Å². The minimum atomic E-state index is -0.443. The number of fused-ring (bicyclic) bond motifs is 3. The van der Waals surface area contributed by atoms with E-state index >= 15 is 0 Å². The van der Waals surface area contributed by atoms with Crippen LogP contribution in [0.1, 0.15) is 34.0 Å². The summed E-state index contributed by atoms with van der Waals surface area (Å²) < 4.78 is 21.3. The molecule has 0 atom stereocenters. The van der Waals surface area contributed by atoms with Crippen LogP contribution in [0.15, 0.2) is 84.9 Å². The summed E-state index contributed by atoms with van der Waals surface area (Å²) in [6.07, 6.45) is 3.41. The van der Waals surface area contributed by atoms with E-state index in [-0.39, 0.29) is 11.7 Å². The van der Waals surface area contributed by atoms with Gasteiger partial charge in [-0.25, -0.2) is 9.18 Å². The molecule has 1 heterocycles. The smallest absolute Gasteiger partial charge is 0.407 e. The van der Waals surface area contributed by atoms with E-state index in [9.17, 15) is 9.18 Å². The van der Waals surface area contributed by atoms with Crippen molar-refractivity contribution in [3.05, 3.63) is 119 Å². The fourth-order valence-corrected chi connectivity index (χ4v) is 4.95. The molecule has 4 aromatic rings. The lowest BCUT2D eigenvalue weighted by atomic mass is 9.98. The molecule has 0 aliphatic heterocycles. The normalized spacial score (nSPS) is 12.5. The lowest BCUT2D eigenvalue weighted by molar-refractivity contribution is 0.144. The second-order valence-corrected chi connectivity index (χ2v) is 8.75. The molecular weight excluding hydrogens is 439 g/mol. The van der Waals surface area contributed by atoms with Gasteiger partial charge in [0.25, 0.3) is 0 Å². The maximum Gasteiger partial charge on any atom is 0.407 e. The van der Waals surface area contributed by atoms with Crippen molar-refractivity contribution >= 4 is 12.2 Å². The van der Waals surface area contributed by atoms with Crippen LogP contribution in [0.3, 0.4) is 0 Å². The standard InChI is InChI=1S/C30H27FN2O2/c1-20-17-22(21(2)33(20)24-11-7-10-23(31)18-24)9-8-16-32-30(34)35-19-29-27-14-5-3-12-25(27)26-13-4-6-15-28(26)29/h3-15,17-18,29H,16,19H2,1-2H3,(H,32,34). The molecule has 35 heavy (non-hydrogen) atoms. The van der Waals surface area contributed by atoms with Gasteiger partial charge in [-0.05, 0) is 65.9 Å². The molecule has 0 bridgehead atoms. The summed E-state index contributed by atoms with van der Waals surface area (Å²) in [5.74, 6) is -0.226. The first kappa shape index (κ1) is 22.7. The van der Waals surface area contributed by atoms with Crippen LogP contribution in [-0.4, -0.2) is 23.8 Å². The maximum absolute atomic E-state index is 13.7. The maximum atomic E-state index is 13.7. The van der Waals surface area contributed by atoms with E-state index in [0.717, 1.165) is 22.6 Å². The summed E-state index contributed by atoms with van der Waals surface area (Å²) in [5, 5.41) is 2.80. The van der Waals surface area contributed by atoms with E-state index in [4.69, 9.17) is 4.74 Å². The molecular formula is C30H27FN2O2. The highest BCUT2D eigenvalue weighted by Gasteiger charge is 2.28. The largest absolute Gasteiger partial charge is 0.449 e. The highest BCUT2D eigenvalue weighted by molar-refractivity contribution is 5.79. The van der Waals surface area contributed by atoms with Gasteiger partial charge in [-0.1, -0.05) is 66.7 Å². The first-order valence-electron chi connectivity index (χ1n) is 11.7. The van der Waals surface area contributed by atoms with Crippen molar-refractivity contribution in [2.75, 3.05) is 13.2 Å². The van der Waals surface area contributed by atoms with Crippen LogP contribution in [0.4, 0.5) is 9.18 Å². The van der Waals surface area contributed by atoms with Crippen molar-refractivity contribution in [1.29, 1.82) is 0 Å². The topological polar surface area (TPSA) is 43.3 Å². The third-order valence-electron chi connectivity index (χ3n) is 6.54. The van der Waals surface area contributed by atoms with Gasteiger partial charge in [0.2, 0.25) is 0 Å². The van der Waals surface area contributed by atoms with Crippen LogP contribution in [-0.2, 0) is 4.74 Å². The number of alkyl carbamates (subject to hydrolysis) is 1. The average Bonchev–Trinajstić information content (AvgIpc) is 3.33. The number of aromatic nitrogens is 1. The zero-order valence-electron chi connectivity index (χ0n) is 19.8. The molecule has 1 N–H and O–H groups in total. The highest BCUT2D eigenvalue weighted by atomic mass is 19.1. The van der Waals surface area contributed by atoms with Gasteiger partial charge >= 0.3 is 6.09 Å². The minimum Gasteiger partial charge on any atom is -0.449 e. The van der Waals surface area contributed by atoms with Crippen LogP contribution < -0.4 is 5.32 Å². The number of amides is 1. The Balaban J connectivity index is 1.19. The molecule has 1 amide bonds. The summed E-state index contributed by atoms with van der Waals surface area (Å²) in [6.45, 7) is 4.62. The van der Waals surface area contributed by atoms with Crippen molar-refractivity contribution in [2.24, 2.45) is 0 Å². The monoisotopic (exact) mass is 466 g/mol. The third kappa shape index (κ3) is 4.50. The number of hydrogen-bond donors (Lipinski definition) is 1. The Morgan fingerprint density at radius 2 is 1.66 bits per heavy atom. The predicted molar refractivity (Wildman–Crippen MR) is 137 cm³/mol. The number of benzene rings is 3. The van der Waals surface area contributed by atoms with E-state index in [1.807, 2.05) is 67.0 Å². The Kier molecular flexibility index (Phi) is 6.23. The van der Waals surface area contributed by atoms with Crippen molar-refractivity contribution in [1.82, 2.24) is 9.88 Å². The molecule has 0 saturated carbocycles. The fourth-order valence-electron chi connectivity index (χ4n) is 4.95. The third-order valence-corrected chi connectivity index (χ3v) is 6.54. The Bertz CT molecular complexity index is 1370. The van der Waals surface area contributed by atoms with Crippen LogP contribution in [0.5, 0.6) is 0 Å². The first-order valence-corrected chi connectivity index (χ1v) is 11.7. The van der Waals surface area contributed by atoms with Gasteiger partial charge in [-0.3, -0.25) is 0 Å². The molecule has 176 valence electrons. The van der Waals surface area contributed by atoms with Gasteiger partial charge in [0.05, 0.1) is 0 Å². The second kappa shape index (κ2) is 9.63. The van der Waals surface area contributed by atoms with Gasteiger partial charge in [0.15, 0.2) is 0 Å². The molecule has 5 rings (SSSR count). The number of hydrogen-bond acceptors (Lipinski definition) is 2. The van der Waals surface area contributed by atoms with Crippen LogP contribution in [0, 0.1) is 19.7 Å². The average molecular weight is 467 g/mol. The number of ether oxygens (including phenoxy) is 1. The molecule has 0 unspecified atom stereocenters. The van der Waals surface area contributed by atoms with E-state index in [0.29, 0.717) is 13.2 Å². The van der Waals surface area contributed by atoms with Gasteiger partial charge in [0.1, 0.15) is 12.4 Å². The van der Waals surface area contributed by atoms with Gasteiger partial charge in [-0.15, -0.1) is 0 Å². The fraction of sp³-hybridized carbons (Fsp3) is 0.167. The quantitative estimate of drug-likeness (QED) is 0.340. The molecule has 1 aliphatic rings. The second-order valence-electron chi connectivity index (χ2n) is 8.75. The summed E-state index contributed by atoms with van der Waals surface area (Å²) in [6, 6.07) is 25.1. The summed E-state index contributed by atoms with van der Waals surface area (Å²) in [7, 11) is 0. The number of rotatable bonds is 6. The zero-order chi connectivity index (χ0) is 24.4. The molecule has 1 aromatic heterocycles. The molecule has 3 aromatic carbocycles. The number of carbonyl (C=O) groups excluding carboxylic acids is 1. The van der Waals surface area contributed by atoms with E-state index in [2.05, 4.69) is 29.6 Å². The molecule has 0 fully saturated rings. The SMILES string of the molecule is Cc1cc(C=CCNC(=O)OCC2c3ccccc3-c3ccccc32)c(C)n1-c1cccc(F)c1. The predicted octanol–water partition coefficient (Wildman–Crippen LogP) is 6.79. The Hall–Kier alpha value is -4.12. The Morgan fingerprint density at radius 1 is 0.971 bits per heavy atom. The lowest BCUT2D eigenvalue weighted by Gasteiger charge is -2.14. The summed E-state index contributed by atoms with van der Waals surface area (Å²) >= 11 is 0. The summed E-state index contributed by atoms with van der Waals surface area (Å²) in [5.41, 5.74) is 8.61. The van der Waals surface area contributed by atoms with Gasteiger partial charge in [0, 0.05) is 29.5 Å².